The first-order valence-corrected chi connectivity index (χ1v) is 9.16. The molecule has 0 spiro atoms. The summed E-state index contributed by atoms with van der Waals surface area (Å²) < 4.78 is 69.6. The Kier molecular flexibility index (Phi) is 9.79. The van der Waals surface area contributed by atoms with Crippen molar-refractivity contribution in [3.8, 4) is 5.88 Å². The molecule has 2 aromatic rings. The number of nitrogens with one attached hydrogen (secondary N) is 1. The fourth-order valence-corrected chi connectivity index (χ4v) is 2.34. The van der Waals surface area contributed by atoms with Crippen LogP contribution in [-0.2, 0) is 31.7 Å². The molecule has 1 heterocycles. The Labute approximate surface area is 163 Å². The van der Waals surface area contributed by atoms with Crippen molar-refractivity contribution in [3.05, 3.63) is 18.2 Å². The van der Waals surface area contributed by atoms with Crippen LogP contribution >= 0.6 is 0 Å². The lowest BCUT2D eigenvalue weighted by Crippen LogP contribution is -2.13. The summed E-state index contributed by atoms with van der Waals surface area (Å²) in [7, 11) is -9.81. The van der Waals surface area contributed by atoms with Crippen LogP contribution in [0.15, 0.2) is 18.2 Å². The highest BCUT2D eigenvalue weighted by Crippen LogP contribution is 2.34. The maximum Gasteiger partial charge on any atom is 0.448 e. The molecule has 0 fully saturated rings. The van der Waals surface area contributed by atoms with E-state index in [1.165, 1.54) is 18.2 Å². The predicted molar refractivity (Wildman–Crippen MR) is 101 cm³/mol. The third-order valence-electron chi connectivity index (χ3n) is 2.79. The lowest BCUT2D eigenvalue weighted by molar-refractivity contribution is 0.198. The number of nitrogens with zero attached hydrogens (tertiary/aromatic N) is 2. The van der Waals surface area contributed by atoms with Crippen LogP contribution in [-0.4, -0.2) is 52.2 Å². The molecule has 1 aromatic carbocycles. The third-order valence-corrected chi connectivity index (χ3v) is 3.56. The van der Waals surface area contributed by atoms with E-state index < -0.39 is 39.1 Å². The molecule has 0 atom stereocenters. The van der Waals surface area contributed by atoms with Crippen LogP contribution in [0, 0.1) is 0 Å². The number of anilines is 5. The Morgan fingerprint density at radius 3 is 2.10 bits per heavy atom. The molecule has 0 amide bonds. The van der Waals surface area contributed by atoms with E-state index in [0.717, 1.165) is 0 Å². The van der Waals surface area contributed by atoms with Crippen LogP contribution in [0.1, 0.15) is 0 Å². The van der Waals surface area contributed by atoms with Gasteiger partial charge in [0.25, 0.3) is 5.88 Å². The lowest BCUT2D eigenvalue weighted by atomic mass is 10.2. The van der Waals surface area contributed by atoms with Gasteiger partial charge in [-0.25, -0.2) is 8.86 Å². The minimum absolute atomic E-state index is 0. The van der Waals surface area contributed by atoms with Gasteiger partial charge in [-0.15, -0.1) is 5.10 Å². The molecule has 0 unspecified atom stereocenters. The van der Waals surface area contributed by atoms with E-state index in [1.54, 1.807) is 0 Å². The van der Waals surface area contributed by atoms with Crippen molar-refractivity contribution >= 4 is 49.4 Å². The molecule has 0 bridgehead atoms. The highest BCUT2D eigenvalue weighted by Gasteiger charge is 2.22. The molecule has 1 aromatic heterocycles. The van der Waals surface area contributed by atoms with Crippen LogP contribution in [0.2, 0.25) is 0 Å². The highest BCUT2D eigenvalue weighted by atomic mass is 32.3. The molecule has 0 aliphatic heterocycles. The van der Waals surface area contributed by atoms with Crippen molar-refractivity contribution in [1.29, 1.82) is 0 Å². The Morgan fingerprint density at radius 1 is 1.03 bits per heavy atom. The number of nitrogens with two attached hydrogens (primary N) is 3. The molecule has 19 heteroatoms. The Morgan fingerprint density at radius 2 is 1.62 bits per heavy atom. The van der Waals surface area contributed by atoms with Gasteiger partial charge in [-0.3, -0.25) is 9.11 Å². The average Bonchev–Trinajstić information content (AvgIpc) is 2.74. The molecule has 2 rings (SSSR count). The fraction of sp³-hybridized carbons (Fsp3) is 0.100. The number of nitrogen functional groups attached to an aromatic ring is 3. The van der Waals surface area contributed by atoms with Gasteiger partial charge in [0.2, 0.25) is 0 Å². The lowest BCUT2D eigenvalue weighted by Gasteiger charge is -2.12. The summed E-state index contributed by atoms with van der Waals surface area (Å²) in [5, 5.41) is 6.20. The summed E-state index contributed by atoms with van der Waals surface area (Å²) in [5.41, 5.74) is 17.4. The standard InChI is InChI=1S/C10H14N6O8S2.3H2O/c11-5-1-2-7(6(12)3-5)14-9-8(13)10(24-26(20,21)22)15-16(9)4-23-25(17,18)19;;;/h1-3,14H,4,11-13H2,(H,17,18,19)(H,20,21,22);3*1H2. The van der Waals surface area contributed by atoms with Crippen LogP contribution in [0.25, 0.3) is 0 Å². The normalized spacial score (nSPS) is 10.8. The Hall–Kier alpha value is -2.91. The molecule has 29 heavy (non-hydrogen) atoms. The number of hydrogen-bond donors (Lipinski definition) is 6. The second-order valence-corrected chi connectivity index (χ2v) is 6.84. The number of rotatable bonds is 7. The second kappa shape index (κ2) is 10.0. The van der Waals surface area contributed by atoms with E-state index in [0.29, 0.717) is 10.4 Å². The van der Waals surface area contributed by atoms with E-state index >= 15 is 0 Å². The zero-order valence-electron chi connectivity index (χ0n) is 14.2. The second-order valence-electron chi connectivity index (χ2n) is 4.72. The quantitative estimate of drug-likeness (QED) is 0.174. The first-order valence-electron chi connectivity index (χ1n) is 6.43. The van der Waals surface area contributed by atoms with E-state index in [4.69, 9.17) is 26.3 Å². The average molecular weight is 464 g/mol. The topological polar surface area (TPSA) is 330 Å². The van der Waals surface area contributed by atoms with Gasteiger partial charge >= 0.3 is 20.8 Å². The summed E-state index contributed by atoms with van der Waals surface area (Å²) in [6, 6.07) is 4.35. The monoisotopic (exact) mass is 464 g/mol. The molecule has 0 radical (unpaired) electrons. The van der Waals surface area contributed by atoms with Gasteiger partial charge < -0.3 is 43.1 Å². The molecule has 0 saturated heterocycles. The molecule has 17 nitrogen and oxygen atoms in total. The van der Waals surface area contributed by atoms with Gasteiger partial charge in [-0.1, -0.05) is 0 Å². The summed E-state index contributed by atoms with van der Waals surface area (Å²) >= 11 is 0. The van der Waals surface area contributed by atoms with Gasteiger partial charge in [0.05, 0.1) is 11.4 Å². The molecule has 0 saturated carbocycles. The summed E-state index contributed by atoms with van der Waals surface area (Å²) in [4.78, 5) is 0. The Balaban J connectivity index is 0. The molecule has 0 aliphatic rings. The number of aromatic nitrogens is 2. The van der Waals surface area contributed by atoms with Crippen molar-refractivity contribution in [2.75, 3.05) is 22.5 Å². The van der Waals surface area contributed by atoms with E-state index in [2.05, 4.69) is 18.8 Å². The zero-order valence-corrected chi connectivity index (χ0v) is 15.9. The fourth-order valence-electron chi connectivity index (χ4n) is 1.78. The number of hydrogen-bond acceptors (Lipinski definition) is 11. The van der Waals surface area contributed by atoms with E-state index in [9.17, 15) is 16.8 Å². The van der Waals surface area contributed by atoms with E-state index in [1.807, 2.05) is 0 Å². The van der Waals surface area contributed by atoms with Gasteiger partial charge in [-0.2, -0.15) is 16.8 Å². The van der Waals surface area contributed by atoms with Gasteiger partial charge in [0.15, 0.2) is 12.5 Å². The maximum atomic E-state index is 10.8. The van der Waals surface area contributed by atoms with Crippen molar-refractivity contribution in [2.24, 2.45) is 0 Å². The first-order chi connectivity index (χ1) is 11.9. The molecule has 168 valence electrons. The predicted octanol–water partition coefficient (Wildman–Crippen LogP) is -3.14. The Bertz CT molecular complexity index is 1040. The zero-order chi connectivity index (χ0) is 19.7. The van der Waals surface area contributed by atoms with Crippen LogP contribution < -0.4 is 26.7 Å². The van der Waals surface area contributed by atoms with Gasteiger partial charge in [0.1, 0.15) is 5.69 Å². The summed E-state index contributed by atoms with van der Waals surface area (Å²) in [6.45, 7) is -0.908. The highest BCUT2D eigenvalue weighted by molar-refractivity contribution is 7.81. The van der Waals surface area contributed by atoms with Crippen LogP contribution in [0.4, 0.5) is 28.6 Å². The minimum atomic E-state index is -4.97. The molecular formula is C10H20N6O11S2. The van der Waals surface area contributed by atoms with Crippen molar-refractivity contribution < 1.29 is 50.7 Å². The van der Waals surface area contributed by atoms with Crippen LogP contribution in [0.3, 0.4) is 0 Å². The molecule has 0 aliphatic carbocycles. The third kappa shape index (κ3) is 7.92. The molecular weight excluding hydrogens is 444 g/mol. The van der Waals surface area contributed by atoms with Crippen molar-refractivity contribution in [3.63, 3.8) is 0 Å². The largest absolute Gasteiger partial charge is 0.448 e. The van der Waals surface area contributed by atoms with Crippen molar-refractivity contribution in [2.45, 2.75) is 6.73 Å². The van der Waals surface area contributed by atoms with Crippen LogP contribution in [0.5, 0.6) is 5.88 Å². The van der Waals surface area contributed by atoms with Gasteiger partial charge in [-0.05, 0) is 18.2 Å². The molecule has 15 N–H and O–H groups in total. The first kappa shape index (κ1) is 28.3. The smallest absolute Gasteiger partial charge is 0.412 e. The number of benzene rings is 1. The summed E-state index contributed by atoms with van der Waals surface area (Å²) in [6.07, 6.45) is 0. The minimum Gasteiger partial charge on any atom is -0.412 e. The van der Waals surface area contributed by atoms with Crippen molar-refractivity contribution in [1.82, 2.24) is 9.78 Å². The van der Waals surface area contributed by atoms with Gasteiger partial charge in [0, 0.05) is 5.69 Å². The summed E-state index contributed by atoms with van der Waals surface area (Å²) in [5.74, 6) is -0.980. The maximum absolute atomic E-state index is 10.8. The van der Waals surface area contributed by atoms with E-state index in [-0.39, 0.29) is 33.6 Å². The SMILES string of the molecule is Nc1ccc(Nc2c(N)c(OS(=O)(=O)O)nn2COS(=O)(=O)O)c(N)c1.O.O.O.